The molecule has 3 fully saturated rings. The second-order valence-corrected chi connectivity index (χ2v) is 3.60. The highest BCUT2D eigenvalue weighted by atomic mass is 15.3. The van der Waals surface area contributed by atoms with Crippen molar-refractivity contribution in [2.45, 2.75) is 25.4 Å². The number of piperidine rings is 1. The maximum Gasteiger partial charge on any atom is 0.0241 e. The van der Waals surface area contributed by atoms with E-state index in [1.165, 1.54) is 26.1 Å². The molecule has 2 atom stereocenters. The molecule has 3 saturated heterocycles. The van der Waals surface area contributed by atoms with Crippen molar-refractivity contribution in [3.05, 3.63) is 0 Å². The van der Waals surface area contributed by atoms with Gasteiger partial charge in [-0.1, -0.05) is 6.92 Å². The molecule has 3 rings (SSSR count). The van der Waals surface area contributed by atoms with Crippen LogP contribution in [0.1, 0.15) is 13.3 Å². The van der Waals surface area contributed by atoms with Crippen LogP contribution in [0.4, 0.5) is 0 Å². The van der Waals surface area contributed by atoms with Crippen molar-refractivity contribution in [2.75, 3.05) is 26.7 Å². The normalized spacial score (nSPS) is 41.4. The standard InChI is InChI=1S/C8H16N2/c1-3-10-7-4-8(10)6-9(2)5-7/h7-8H,3-6H2,1-2H3. The molecule has 0 aromatic heterocycles. The van der Waals surface area contributed by atoms with Crippen molar-refractivity contribution >= 4 is 0 Å². The number of piperazine rings is 1. The Bertz CT molecular complexity index is 123. The van der Waals surface area contributed by atoms with Gasteiger partial charge in [0.25, 0.3) is 0 Å². The minimum atomic E-state index is 0.897. The number of likely N-dealkylation sites (N-methyl/N-ethyl adjacent to an activating group) is 2. The fourth-order valence-corrected chi connectivity index (χ4v) is 2.41. The van der Waals surface area contributed by atoms with E-state index in [0.29, 0.717) is 0 Å². The quantitative estimate of drug-likeness (QED) is 0.520. The summed E-state index contributed by atoms with van der Waals surface area (Å²) in [6.45, 7) is 6.11. The Morgan fingerprint density at radius 1 is 1.30 bits per heavy atom. The molecular weight excluding hydrogens is 124 g/mol. The molecule has 0 N–H and O–H groups in total. The van der Waals surface area contributed by atoms with Gasteiger partial charge < -0.3 is 4.90 Å². The molecule has 3 heterocycles. The second kappa shape index (κ2) is 2.21. The lowest BCUT2D eigenvalue weighted by Crippen LogP contribution is -2.67. The van der Waals surface area contributed by atoms with E-state index in [-0.39, 0.29) is 0 Å². The molecule has 0 spiro atoms. The Balaban J connectivity index is 1.96. The second-order valence-electron chi connectivity index (χ2n) is 3.60. The number of hydrogen-bond donors (Lipinski definition) is 0. The average Bonchev–Trinajstić information content (AvgIpc) is 1.87. The SMILES string of the molecule is CCN1C2CC1CN(C)C2. The van der Waals surface area contributed by atoms with E-state index in [1.54, 1.807) is 0 Å². The van der Waals surface area contributed by atoms with Gasteiger partial charge in [0.2, 0.25) is 0 Å². The van der Waals surface area contributed by atoms with Crippen LogP contribution < -0.4 is 0 Å². The Kier molecular flexibility index (Phi) is 1.46. The topological polar surface area (TPSA) is 6.48 Å². The monoisotopic (exact) mass is 140 g/mol. The lowest BCUT2D eigenvalue weighted by atomic mass is 9.88. The molecule has 10 heavy (non-hydrogen) atoms. The summed E-state index contributed by atoms with van der Waals surface area (Å²) in [5.74, 6) is 0. The first-order chi connectivity index (χ1) is 4.81. The highest BCUT2D eigenvalue weighted by Crippen LogP contribution is 2.30. The number of hydrogen-bond acceptors (Lipinski definition) is 2. The van der Waals surface area contributed by atoms with Gasteiger partial charge in [0.15, 0.2) is 0 Å². The molecule has 58 valence electrons. The van der Waals surface area contributed by atoms with Crippen molar-refractivity contribution < 1.29 is 0 Å². The molecule has 2 nitrogen and oxygen atoms in total. The molecule has 2 unspecified atom stereocenters. The Morgan fingerprint density at radius 2 is 1.90 bits per heavy atom. The van der Waals surface area contributed by atoms with E-state index in [2.05, 4.69) is 23.8 Å². The van der Waals surface area contributed by atoms with Gasteiger partial charge in [-0.2, -0.15) is 0 Å². The highest BCUT2D eigenvalue weighted by Gasteiger charge is 2.41. The van der Waals surface area contributed by atoms with E-state index < -0.39 is 0 Å². The minimum Gasteiger partial charge on any atom is -0.303 e. The van der Waals surface area contributed by atoms with Crippen molar-refractivity contribution in [3.8, 4) is 0 Å². The summed E-state index contributed by atoms with van der Waals surface area (Å²) < 4.78 is 0. The third-order valence-electron chi connectivity index (χ3n) is 2.89. The smallest absolute Gasteiger partial charge is 0.0241 e. The van der Waals surface area contributed by atoms with Gasteiger partial charge in [0, 0.05) is 25.2 Å². The molecule has 3 aliphatic rings. The molecule has 2 heteroatoms. The lowest BCUT2D eigenvalue weighted by Gasteiger charge is -2.55. The summed E-state index contributed by atoms with van der Waals surface area (Å²) in [5, 5.41) is 0. The number of fused-ring (bicyclic) bond motifs is 2. The Hall–Kier alpha value is -0.0800. The van der Waals surface area contributed by atoms with E-state index in [0.717, 1.165) is 12.1 Å². The Labute approximate surface area is 62.8 Å². The molecule has 0 aromatic carbocycles. The van der Waals surface area contributed by atoms with Gasteiger partial charge in [-0.15, -0.1) is 0 Å². The summed E-state index contributed by atoms with van der Waals surface area (Å²) >= 11 is 0. The van der Waals surface area contributed by atoms with Crippen LogP contribution >= 0.6 is 0 Å². The lowest BCUT2D eigenvalue weighted by molar-refractivity contribution is -0.0567. The van der Waals surface area contributed by atoms with Crippen LogP contribution in [-0.2, 0) is 0 Å². The number of rotatable bonds is 1. The van der Waals surface area contributed by atoms with E-state index in [1.807, 2.05) is 0 Å². The maximum atomic E-state index is 2.62. The predicted octanol–water partition coefficient (Wildman–Crippen LogP) is 0.395. The first-order valence-corrected chi connectivity index (χ1v) is 4.25. The minimum absolute atomic E-state index is 0.897. The first-order valence-electron chi connectivity index (χ1n) is 4.25. The van der Waals surface area contributed by atoms with E-state index in [9.17, 15) is 0 Å². The van der Waals surface area contributed by atoms with Crippen LogP contribution in [0.15, 0.2) is 0 Å². The molecule has 0 amide bonds. The van der Waals surface area contributed by atoms with Gasteiger partial charge >= 0.3 is 0 Å². The van der Waals surface area contributed by atoms with Crippen LogP contribution in [0.3, 0.4) is 0 Å². The fourth-order valence-electron chi connectivity index (χ4n) is 2.41. The summed E-state index contributed by atoms with van der Waals surface area (Å²) in [6, 6.07) is 1.79. The Morgan fingerprint density at radius 3 is 2.40 bits per heavy atom. The van der Waals surface area contributed by atoms with Crippen molar-refractivity contribution in [3.63, 3.8) is 0 Å². The van der Waals surface area contributed by atoms with Crippen molar-refractivity contribution in [2.24, 2.45) is 0 Å². The molecule has 0 radical (unpaired) electrons. The predicted molar refractivity (Wildman–Crippen MR) is 42.1 cm³/mol. The van der Waals surface area contributed by atoms with Crippen LogP contribution in [0.2, 0.25) is 0 Å². The maximum absolute atomic E-state index is 2.62. The first kappa shape index (κ1) is 6.62. The van der Waals surface area contributed by atoms with Gasteiger partial charge in [0.1, 0.15) is 0 Å². The molecular formula is C8H16N2. The van der Waals surface area contributed by atoms with Crippen LogP contribution in [0, 0.1) is 0 Å². The molecule has 3 aliphatic heterocycles. The third-order valence-corrected chi connectivity index (χ3v) is 2.89. The molecule has 0 saturated carbocycles. The van der Waals surface area contributed by atoms with E-state index in [4.69, 9.17) is 0 Å². The third kappa shape index (κ3) is 0.789. The molecule has 0 aliphatic carbocycles. The van der Waals surface area contributed by atoms with Crippen LogP contribution in [0.25, 0.3) is 0 Å². The van der Waals surface area contributed by atoms with Crippen molar-refractivity contribution in [1.82, 2.24) is 9.80 Å². The molecule has 2 bridgehead atoms. The average molecular weight is 140 g/mol. The van der Waals surface area contributed by atoms with Crippen molar-refractivity contribution in [1.29, 1.82) is 0 Å². The fraction of sp³-hybridized carbons (Fsp3) is 1.00. The van der Waals surface area contributed by atoms with Gasteiger partial charge in [-0.3, -0.25) is 4.90 Å². The molecule has 0 aromatic rings. The van der Waals surface area contributed by atoms with Crippen LogP contribution in [-0.4, -0.2) is 48.6 Å². The highest BCUT2D eigenvalue weighted by molar-refractivity contribution is 4.99. The zero-order chi connectivity index (χ0) is 7.14. The van der Waals surface area contributed by atoms with Gasteiger partial charge in [-0.05, 0) is 20.0 Å². The summed E-state index contributed by atoms with van der Waals surface area (Å²) in [4.78, 5) is 5.07. The zero-order valence-electron chi connectivity index (χ0n) is 6.88. The summed E-state index contributed by atoms with van der Waals surface area (Å²) in [7, 11) is 2.23. The number of nitrogens with zero attached hydrogens (tertiary/aromatic N) is 2. The summed E-state index contributed by atoms with van der Waals surface area (Å²) in [5.41, 5.74) is 0. The van der Waals surface area contributed by atoms with Gasteiger partial charge in [0.05, 0.1) is 0 Å². The van der Waals surface area contributed by atoms with Crippen LogP contribution in [0.5, 0.6) is 0 Å². The van der Waals surface area contributed by atoms with Gasteiger partial charge in [-0.25, -0.2) is 0 Å². The summed E-state index contributed by atoms with van der Waals surface area (Å²) in [6.07, 6.45) is 1.46. The zero-order valence-corrected chi connectivity index (χ0v) is 6.88. The van der Waals surface area contributed by atoms with E-state index >= 15 is 0 Å². The largest absolute Gasteiger partial charge is 0.303 e.